The molecule has 1 atom stereocenters. The van der Waals surface area contributed by atoms with Crippen LogP contribution in [0.3, 0.4) is 0 Å². The molecule has 2 amide bonds. The summed E-state index contributed by atoms with van der Waals surface area (Å²) in [6, 6.07) is 13.6. The van der Waals surface area contributed by atoms with Crippen molar-refractivity contribution in [2.24, 2.45) is 5.92 Å². The number of amides is 2. The highest BCUT2D eigenvalue weighted by molar-refractivity contribution is 5.96. The number of rotatable bonds is 7. The van der Waals surface area contributed by atoms with E-state index in [0.717, 1.165) is 24.2 Å². The summed E-state index contributed by atoms with van der Waals surface area (Å²) in [4.78, 5) is 25.9. The molecular weight excluding hydrogens is 357 g/mol. The van der Waals surface area contributed by atoms with E-state index in [4.69, 9.17) is 0 Å². The molecule has 1 aliphatic heterocycles. The molecule has 2 aromatic rings. The molecule has 0 aliphatic carbocycles. The molecule has 0 aromatic heterocycles. The van der Waals surface area contributed by atoms with E-state index in [1.165, 1.54) is 12.1 Å². The van der Waals surface area contributed by atoms with Gasteiger partial charge >= 0.3 is 0 Å². The number of nitrogens with zero attached hydrogens (tertiary/aromatic N) is 1. The highest BCUT2D eigenvalue weighted by Crippen LogP contribution is 2.24. The fraction of sp³-hybridized carbons (Fsp3) is 0.364. The summed E-state index contributed by atoms with van der Waals surface area (Å²) in [5, 5.41) is 6.11. The Morgan fingerprint density at radius 1 is 1.11 bits per heavy atom. The second-order valence-electron chi connectivity index (χ2n) is 7.40. The van der Waals surface area contributed by atoms with Gasteiger partial charge < -0.3 is 15.5 Å². The lowest BCUT2D eigenvalue weighted by molar-refractivity contribution is -0.117. The molecule has 1 heterocycles. The van der Waals surface area contributed by atoms with E-state index in [0.29, 0.717) is 12.1 Å². The van der Waals surface area contributed by atoms with Crippen LogP contribution in [0.2, 0.25) is 0 Å². The van der Waals surface area contributed by atoms with Crippen molar-refractivity contribution >= 4 is 23.2 Å². The molecule has 0 spiro atoms. The van der Waals surface area contributed by atoms with E-state index in [2.05, 4.69) is 24.5 Å². The van der Waals surface area contributed by atoms with Crippen molar-refractivity contribution in [3.63, 3.8) is 0 Å². The first-order valence-corrected chi connectivity index (χ1v) is 9.63. The third-order valence-electron chi connectivity index (χ3n) is 4.91. The Bertz CT molecular complexity index is 819. The van der Waals surface area contributed by atoms with Crippen LogP contribution in [-0.2, 0) is 9.59 Å². The first-order chi connectivity index (χ1) is 13.4. The molecule has 1 aliphatic rings. The first kappa shape index (κ1) is 20.0. The minimum Gasteiger partial charge on any atom is -0.325 e. The van der Waals surface area contributed by atoms with Gasteiger partial charge in [0.15, 0.2) is 0 Å². The highest BCUT2D eigenvalue weighted by atomic mass is 19.1. The summed E-state index contributed by atoms with van der Waals surface area (Å²) in [6.07, 6.45) is 1.48. The molecule has 5 nitrogen and oxygen atoms in total. The van der Waals surface area contributed by atoms with E-state index in [-0.39, 0.29) is 36.1 Å². The fourth-order valence-electron chi connectivity index (χ4n) is 3.46. The number of carbonyl (C=O) groups excluding carboxylic acids is 2. The molecule has 3 rings (SSSR count). The lowest BCUT2D eigenvalue weighted by Gasteiger charge is -2.23. The van der Waals surface area contributed by atoms with Crippen molar-refractivity contribution in [1.29, 1.82) is 0 Å². The van der Waals surface area contributed by atoms with Gasteiger partial charge in [-0.2, -0.15) is 0 Å². The predicted molar refractivity (Wildman–Crippen MR) is 109 cm³/mol. The SMILES string of the molecule is CC(C)[C@H](NCC(=O)Nc1ccc(N2CCCC2=O)cc1)c1ccc(F)cc1. The molecule has 1 saturated heterocycles. The topological polar surface area (TPSA) is 61.4 Å². The third-order valence-corrected chi connectivity index (χ3v) is 4.91. The number of hydrogen-bond donors (Lipinski definition) is 2. The highest BCUT2D eigenvalue weighted by Gasteiger charge is 2.21. The number of halogens is 1. The lowest BCUT2D eigenvalue weighted by atomic mass is 9.96. The fourth-order valence-corrected chi connectivity index (χ4v) is 3.46. The quantitative estimate of drug-likeness (QED) is 0.763. The van der Waals surface area contributed by atoms with Gasteiger partial charge in [0.1, 0.15) is 5.82 Å². The van der Waals surface area contributed by atoms with Crippen LogP contribution in [0, 0.1) is 11.7 Å². The molecule has 6 heteroatoms. The lowest BCUT2D eigenvalue weighted by Crippen LogP contribution is -2.33. The third kappa shape index (κ3) is 4.95. The van der Waals surface area contributed by atoms with E-state index >= 15 is 0 Å². The van der Waals surface area contributed by atoms with E-state index in [1.807, 2.05) is 12.1 Å². The van der Waals surface area contributed by atoms with Gasteiger partial charge in [0, 0.05) is 30.4 Å². The molecule has 1 fully saturated rings. The van der Waals surface area contributed by atoms with Gasteiger partial charge in [0.2, 0.25) is 11.8 Å². The molecule has 0 bridgehead atoms. The Balaban J connectivity index is 1.55. The summed E-state index contributed by atoms with van der Waals surface area (Å²) < 4.78 is 13.1. The standard InChI is InChI=1S/C22H26FN3O2/c1-15(2)22(16-5-7-17(23)8-6-16)24-14-20(27)25-18-9-11-19(12-10-18)26-13-3-4-21(26)28/h5-12,15,22,24H,3-4,13-14H2,1-2H3,(H,25,27)/t22-/m0/s1. The van der Waals surface area contributed by atoms with Crippen LogP contribution >= 0.6 is 0 Å². The summed E-state index contributed by atoms with van der Waals surface area (Å²) in [6.45, 7) is 5.00. The number of carbonyl (C=O) groups is 2. The van der Waals surface area contributed by atoms with Crippen molar-refractivity contribution in [3.8, 4) is 0 Å². The molecule has 2 N–H and O–H groups in total. The summed E-state index contributed by atoms with van der Waals surface area (Å²) in [5.41, 5.74) is 2.49. The molecule has 148 valence electrons. The van der Waals surface area contributed by atoms with Crippen LogP contribution in [0.15, 0.2) is 48.5 Å². The van der Waals surface area contributed by atoms with Gasteiger partial charge in [-0.05, 0) is 54.3 Å². The van der Waals surface area contributed by atoms with Crippen LogP contribution in [0.1, 0.15) is 38.3 Å². The number of anilines is 2. The smallest absolute Gasteiger partial charge is 0.238 e. The predicted octanol–water partition coefficient (Wildman–Crippen LogP) is 3.88. The Hall–Kier alpha value is -2.73. The number of hydrogen-bond acceptors (Lipinski definition) is 3. The minimum absolute atomic E-state index is 0.0464. The summed E-state index contributed by atoms with van der Waals surface area (Å²) >= 11 is 0. The molecule has 28 heavy (non-hydrogen) atoms. The van der Waals surface area contributed by atoms with Crippen LogP contribution in [-0.4, -0.2) is 24.9 Å². The van der Waals surface area contributed by atoms with Gasteiger partial charge in [-0.1, -0.05) is 26.0 Å². The second-order valence-corrected chi connectivity index (χ2v) is 7.40. The van der Waals surface area contributed by atoms with Crippen LogP contribution < -0.4 is 15.5 Å². The van der Waals surface area contributed by atoms with E-state index < -0.39 is 0 Å². The first-order valence-electron chi connectivity index (χ1n) is 9.63. The minimum atomic E-state index is -0.275. The van der Waals surface area contributed by atoms with Gasteiger partial charge in [-0.3, -0.25) is 9.59 Å². The maximum absolute atomic E-state index is 13.1. The Morgan fingerprint density at radius 2 is 1.79 bits per heavy atom. The number of nitrogens with one attached hydrogen (secondary N) is 2. The van der Waals surface area contributed by atoms with Crippen molar-refractivity contribution < 1.29 is 14.0 Å². The van der Waals surface area contributed by atoms with Gasteiger partial charge in [0.05, 0.1) is 6.54 Å². The molecule has 0 radical (unpaired) electrons. The zero-order valence-corrected chi connectivity index (χ0v) is 16.2. The Labute approximate surface area is 164 Å². The Morgan fingerprint density at radius 3 is 2.36 bits per heavy atom. The number of benzene rings is 2. The van der Waals surface area contributed by atoms with E-state index in [9.17, 15) is 14.0 Å². The van der Waals surface area contributed by atoms with Crippen molar-refractivity contribution in [2.45, 2.75) is 32.7 Å². The van der Waals surface area contributed by atoms with Gasteiger partial charge in [-0.15, -0.1) is 0 Å². The largest absolute Gasteiger partial charge is 0.325 e. The van der Waals surface area contributed by atoms with Crippen LogP contribution in [0.25, 0.3) is 0 Å². The van der Waals surface area contributed by atoms with Crippen LogP contribution in [0.5, 0.6) is 0 Å². The maximum Gasteiger partial charge on any atom is 0.238 e. The van der Waals surface area contributed by atoms with Crippen molar-refractivity contribution in [2.75, 3.05) is 23.3 Å². The Kier molecular flexibility index (Phi) is 6.41. The van der Waals surface area contributed by atoms with Crippen molar-refractivity contribution in [1.82, 2.24) is 5.32 Å². The summed E-state index contributed by atoms with van der Waals surface area (Å²) in [5.74, 6) is -0.0436. The zero-order valence-electron chi connectivity index (χ0n) is 16.2. The van der Waals surface area contributed by atoms with E-state index in [1.54, 1.807) is 29.2 Å². The van der Waals surface area contributed by atoms with Gasteiger partial charge in [-0.25, -0.2) is 4.39 Å². The molecule has 0 unspecified atom stereocenters. The normalized spacial score (nSPS) is 15.1. The second kappa shape index (κ2) is 8.97. The molecular formula is C22H26FN3O2. The molecule has 2 aromatic carbocycles. The molecule has 0 saturated carbocycles. The van der Waals surface area contributed by atoms with Crippen LogP contribution in [0.4, 0.5) is 15.8 Å². The maximum atomic E-state index is 13.1. The monoisotopic (exact) mass is 383 g/mol. The average Bonchev–Trinajstić information content (AvgIpc) is 3.09. The van der Waals surface area contributed by atoms with Gasteiger partial charge in [0.25, 0.3) is 0 Å². The zero-order chi connectivity index (χ0) is 20.1. The van der Waals surface area contributed by atoms with Crippen molar-refractivity contribution in [3.05, 3.63) is 59.9 Å². The summed E-state index contributed by atoms with van der Waals surface area (Å²) in [7, 11) is 0. The average molecular weight is 383 g/mol.